The Balaban J connectivity index is 2.16. The summed E-state index contributed by atoms with van der Waals surface area (Å²) < 4.78 is 23.2. The number of hydrazine groups is 1. The molecule has 1 aliphatic heterocycles. The summed E-state index contributed by atoms with van der Waals surface area (Å²) in [6, 6.07) is 0.0457. The summed E-state index contributed by atoms with van der Waals surface area (Å²) in [7, 11) is 1.14. The van der Waals surface area contributed by atoms with Crippen molar-refractivity contribution in [3.8, 4) is 0 Å². The third-order valence-corrected chi connectivity index (χ3v) is 5.80. The van der Waals surface area contributed by atoms with Crippen LogP contribution in [0.3, 0.4) is 0 Å². The molecule has 1 fully saturated rings. The lowest BCUT2D eigenvalue weighted by atomic mass is 9.66. The average Bonchev–Trinajstić information content (AvgIpc) is 2.83. The predicted molar refractivity (Wildman–Crippen MR) is 107 cm³/mol. The second-order valence-electron chi connectivity index (χ2n) is 8.38. The van der Waals surface area contributed by atoms with Crippen LogP contribution in [0.15, 0.2) is 16.6 Å². The smallest absolute Gasteiger partial charge is 0.465 e. The van der Waals surface area contributed by atoms with Crippen molar-refractivity contribution in [3.63, 3.8) is 0 Å². The van der Waals surface area contributed by atoms with Crippen LogP contribution >= 0.6 is 0 Å². The summed E-state index contributed by atoms with van der Waals surface area (Å²) in [6.07, 6.45) is 3.61. The maximum absolute atomic E-state index is 12.7. The molecule has 1 heterocycles. The molecule has 9 nitrogen and oxygen atoms in total. The van der Waals surface area contributed by atoms with Gasteiger partial charge < -0.3 is 24.6 Å². The first-order valence-electron chi connectivity index (χ1n) is 9.59. The van der Waals surface area contributed by atoms with Gasteiger partial charge in [0, 0.05) is 7.05 Å². The number of nitrogens with zero attached hydrogens (tertiary/aromatic N) is 2. The molecule has 0 saturated carbocycles. The van der Waals surface area contributed by atoms with Gasteiger partial charge in [0.2, 0.25) is 0 Å². The van der Waals surface area contributed by atoms with E-state index in [4.69, 9.17) is 30.5 Å². The number of carbonyl (C=O) groups is 1. The highest BCUT2D eigenvalue weighted by atomic mass is 16.7. The van der Waals surface area contributed by atoms with Crippen LogP contribution in [0, 0.1) is 5.41 Å². The van der Waals surface area contributed by atoms with E-state index in [-0.39, 0.29) is 18.6 Å². The lowest BCUT2D eigenvalue weighted by molar-refractivity contribution is -0.158. The normalized spacial score (nSPS) is 26.6. The highest BCUT2D eigenvalue weighted by Gasteiger charge is 2.53. The van der Waals surface area contributed by atoms with Crippen LogP contribution < -0.4 is 11.7 Å². The van der Waals surface area contributed by atoms with E-state index >= 15 is 0 Å². The maximum Gasteiger partial charge on any atom is 0.490 e. The lowest BCUT2D eigenvalue weighted by Crippen LogP contribution is -2.44. The quantitative estimate of drug-likeness (QED) is 0.178. The SMILES string of the molecule is CCOC(=O)C1(CO/C(=N/N)N(C)N)CC=C(B2OC(C)(C)C(C)(C)O2)CC1. The van der Waals surface area contributed by atoms with Gasteiger partial charge in [0.1, 0.15) is 12.0 Å². The molecule has 4 N–H and O–H groups in total. The van der Waals surface area contributed by atoms with E-state index in [1.807, 2.05) is 33.8 Å². The number of ether oxygens (including phenoxy) is 2. The molecule has 1 atom stereocenters. The van der Waals surface area contributed by atoms with E-state index in [2.05, 4.69) is 5.10 Å². The van der Waals surface area contributed by atoms with E-state index in [1.165, 1.54) is 0 Å². The van der Waals surface area contributed by atoms with Crippen molar-refractivity contribution >= 4 is 19.1 Å². The molecular formula is C18H33BN4O5. The second-order valence-corrected chi connectivity index (χ2v) is 8.38. The number of esters is 1. The van der Waals surface area contributed by atoms with Crippen molar-refractivity contribution < 1.29 is 23.6 Å². The zero-order valence-electron chi connectivity index (χ0n) is 17.8. The fourth-order valence-corrected chi connectivity index (χ4v) is 3.22. The van der Waals surface area contributed by atoms with Crippen LogP contribution in [0.5, 0.6) is 0 Å². The fourth-order valence-electron chi connectivity index (χ4n) is 3.22. The molecule has 0 aromatic carbocycles. The van der Waals surface area contributed by atoms with Gasteiger partial charge in [0.25, 0.3) is 0 Å². The third kappa shape index (κ3) is 4.44. The number of rotatable bonds is 5. The number of nitrogens with two attached hydrogens (primary N) is 2. The largest absolute Gasteiger partial charge is 0.490 e. The number of amidine groups is 1. The summed E-state index contributed by atoms with van der Waals surface area (Å²) in [6.45, 7) is 10.2. The first-order chi connectivity index (χ1) is 13.0. The van der Waals surface area contributed by atoms with Crippen LogP contribution in [-0.4, -0.2) is 55.6 Å². The monoisotopic (exact) mass is 396 g/mol. The molecule has 0 amide bonds. The van der Waals surface area contributed by atoms with Crippen LogP contribution in [0.4, 0.5) is 0 Å². The van der Waals surface area contributed by atoms with Crippen molar-refractivity contribution in [3.05, 3.63) is 11.5 Å². The predicted octanol–water partition coefficient (Wildman–Crippen LogP) is 1.33. The van der Waals surface area contributed by atoms with Crippen LogP contribution in [-0.2, 0) is 23.6 Å². The highest BCUT2D eigenvalue weighted by Crippen LogP contribution is 2.43. The van der Waals surface area contributed by atoms with Crippen molar-refractivity contribution in [2.75, 3.05) is 20.3 Å². The number of hydrogen-bond donors (Lipinski definition) is 2. The number of carbonyl (C=O) groups excluding carboxylic acids is 1. The molecule has 1 aliphatic carbocycles. The van der Waals surface area contributed by atoms with Crippen molar-refractivity contribution in [1.82, 2.24) is 5.01 Å². The number of allylic oxidation sites excluding steroid dienone is 2. The van der Waals surface area contributed by atoms with Gasteiger partial charge in [0.05, 0.1) is 17.8 Å². The molecule has 0 aromatic rings. The van der Waals surface area contributed by atoms with Gasteiger partial charge in [0.15, 0.2) is 0 Å². The molecule has 0 bridgehead atoms. The lowest BCUT2D eigenvalue weighted by Gasteiger charge is -2.34. The molecule has 1 unspecified atom stereocenters. The summed E-state index contributed by atoms with van der Waals surface area (Å²) in [5.41, 5.74) is -0.623. The number of hydrogen-bond acceptors (Lipinski definition) is 8. The minimum absolute atomic E-state index is 0.0457. The highest BCUT2D eigenvalue weighted by molar-refractivity contribution is 6.54. The Labute approximate surface area is 167 Å². The van der Waals surface area contributed by atoms with E-state index in [0.29, 0.717) is 25.9 Å². The summed E-state index contributed by atoms with van der Waals surface area (Å²) in [4.78, 5) is 12.7. The molecule has 10 heteroatoms. The Morgan fingerprint density at radius 2 is 1.89 bits per heavy atom. The molecule has 0 spiro atoms. The zero-order chi connectivity index (χ0) is 21.2. The molecule has 2 rings (SSSR count). The van der Waals surface area contributed by atoms with Gasteiger partial charge in [-0.3, -0.25) is 9.80 Å². The van der Waals surface area contributed by atoms with Gasteiger partial charge in [-0.15, -0.1) is 5.10 Å². The fraction of sp³-hybridized carbons (Fsp3) is 0.778. The Morgan fingerprint density at radius 1 is 1.29 bits per heavy atom. The molecule has 2 aliphatic rings. The van der Waals surface area contributed by atoms with Gasteiger partial charge >= 0.3 is 19.1 Å². The van der Waals surface area contributed by atoms with E-state index in [0.717, 1.165) is 10.5 Å². The van der Waals surface area contributed by atoms with Gasteiger partial charge in [-0.2, -0.15) is 0 Å². The van der Waals surface area contributed by atoms with E-state index < -0.39 is 23.7 Å². The van der Waals surface area contributed by atoms with Gasteiger partial charge in [-0.05, 0) is 59.4 Å². The van der Waals surface area contributed by atoms with Gasteiger partial charge in [-0.25, -0.2) is 5.84 Å². The molecule has 1 saturated heterocycles. The topological polar surface area (TPSA) is 122 Å². The maximum atomic E-state index is 12.7. The first-order valence-corrected chi connectivity index (χ1v) is 9.59. The Morgan fingerprint density at radius 3 is 2.32 bits per heavy atom. The van der Waals surface area contributed by atoms with Crippen molar-refractivity contribution in [2.45, 2.75) is 65.1 Å². The Bertz CT molecular complexity index is 634. The summed E-state index contributed by atoms with van der Waals surface area (Å²) in [5, 5.41) is 4.67. The minimum Gasteiger partial charge on any atom is -0.465 e. The Kier molecular flexibility index (Phi) is 6.68. The molecule has 0 radical (unpaired) electrons. The molecule has 28 heavy (non-hydrogen) atoms. The molecular weight excluding hydrogens is 363 g/mol. The van der Waals surface area contributed by atoms with E-state index in [1.54, 1.807) is 14.0 Å². The molecule has 158 valence electrons. The summed E-state index contributed by atoms with van der Waals surface area (Å²) >= 11 is 0. The second kappa shape index (κ2) is 8.30. The first kappa shape index (κ1) is 22.5. The summed E-state index contributed by atoms with van der Waals surface area (Å²) in [5.74, 6) is 10.6. The van der Waals surface area contributed by atoms with Crippen LogP contribution in [0.25, 0.3) is 0 Å². The van der Waals surface area contributed by atoms with Crippen molar-refractivity contribution in [2.24, 2.45) is 22.2 Å². The standard InChI is InChI=1S/C18H33BN4O5/c1-7-25-14(24)18(12-26-15(22-20)23(6)21)10-8-13(9-11-18)19-27-16(2,3)17(4,5)28-19/h8H,7,9-12,20-21H2,1-6H3/b22-15+. The van der Waals surface area contributed by atoms with Crippen LogP contribution in [0.1, 0.15) is 53.9 Å². The van der Waals surface area contributed by atoms with Gasteiger partial charge in [-0.1, -0.05) is 6.08 Å². The van der Waals surface area contributed by atoms with E-state index in [9.17, 15) is 4.79 Å². The third-order valence-electron chi connectivity index (χ3n) is 5.80. The Hall–Kier alpha value is -1.78. The van der Waals surface area contributed by atoms with Crippen molar-refractivity contribution in [1.29, 1.82) is 0 Å². The zero-order valence-corrected chi connectivity index (χ0v) is 17.8. The number of hydrazone groups is 1. The average molecular weight is 396 g/mol. The minimum atomic E-state index is -0.838. The van der Waals surface area contributed by atoms with Crippen LogP contribution in [0.2, 0.25) is 0 Å². The molecule has 0 aromatic heterocycles.